The van der Waals surface area contributed by atoms with Gasteiger partial charge in [0.2, 0.25) is 0 Å². The molecule has 0 aliphatic heterocycles. The van der Waals surface area contributed by atoms with Crippen LogP contribution in [0, 0.1) is 0 Å². The van der Waals surface area contributed by atoms with Crippen LogP contribution >= 0.6 is 11.6 Å². The molecule has 0 atom stereocenters. The Morgan fingerprint density at radius 1 is 0.882 bits per heavy atom. The van der Waals surface area contributed by atoms with Gasteiger partial charge in [0.25, 0.3) is 0 Å². The molecule has 2 rings (SSSR count). The van der Waals surface area contributed by atoms with Crippen LogP contribution in [-0.2, 0) is 6.54 Å². The molecule has 0 bridgehead atoms. The second-order valence-corrected chi connectivity index (χ2v) is 4.42. The van der Waals surface area contributed by atoms with E-state index in [1.807, 2.05) is 24.3 Å². The summed E-state index contributed by atoms with van der Waals surface area (Å²) in [7, 11) is 0. The van der Waals surface area contributed by atoms with Crippen molar-refractivity contribution < 1.29 is 0 Å². The molecule has 0 heterocycles. The molecule has 88 valence electrons. The maximum Gasteiger partial charge on any atom is 0.0406 e. The molecule has 2 aromatic rings. The first kappa shape index (κ1) is 12.2. The smallest absolute Gasteiger partial charge is 0.0406 e. The van der Waals surface area contributed by atoms with E-state index in [9.17, 15) is 0 Å². The largest absolute Gasteiger partial charge is 0.313 e. The highest BCUT2D eigenvalue weighted by Crippen LogP contribution is 2.21. The summed E-state index contributed by atoms with van der Waals surface area (Å²) in [6, 6.07) is 16.5. The van der Waals surface area contributed by atoms with Gasteiger partial charge < -0.3 is 5.32 Å². The Balaban J connectivity index is 2.14. The molecule has 0 amide bonds. The van der Waals surface area contributed by atoms with Crippen LogP contribution in [-0.4, -0.2) is 6.54 Å². The third-order valence-electron chi connectivity index (χ3n) is 2.71. The van der Waals surface area contributed by atoms with Gasteiger partial charge in [-0.2, -0.15) is 0 Å². The SMILES string of the molecule is CCNCc1ccc(-c2ccc(Cl)cc2)cc1. The average molecular weight is 246 g/mol. The van der Waals surface area contributed by atoms with Crippen LogP contribution in [0.3, 0.4) is 0 Å². The number of hydrogen-bond donors (Lipinski definition) is 1. The van der Waals surface area contributed by atoms with E-state index in [1.165, 1.54) is 16.7 Å². The van der Waals surface area contributed by atoms with Crippen molar-refractivity contribution in [3.05, 3.63) is 59.1 Å². The molecule has 0 radical (unpaired) electrons. The molecule has 17 heavy (non-hydrogen) atoms. The van der Waals surface area contributed by atoms with Crippen LogP contribution in [0.1, 0.15) is 12.5 Å². The Morgan fingerprint density at radius 3 is 1.94 bits per heavy atom. The highest BCUT2D eigenvalue weighted by molar-refractivity contribution is 6.30. The topological polar surface area (TPSA) is 12.0 Å². The van der Waals surface area contributed by atoms with Crippen LogP contribution in [0.25, 0.3) is 11.1 Å². The summed E-state index contributed by atoms with van der Waals surface area (Å²) in [6.45, 7) is 4.04. The van der Waals surface area contributed by atoms with Gasteiger partial charge in [0, 0.05) is 11.6 Å². The van der Waals surface area contributed by atoms with E-state index in [0.717, 1.165) is 18.1 Å². The van der Waals surface area contributed by atoms with Gasteiger partial charge in [-0.05, 0) is 35.4 Å². The number of rotatable bonds is 4. The highest BCUT2D eigenvalue weighted by atomic mass is 35.5. The molecule has 0 aromatic heterocycles. The maximum absolute atomic E-state index is 5.87. The van der Waals surface area contributed by atoms with E-state index in [2.05, 4.69) is 36.5 Å². The predicted molar refractivity (Wildman–Crippen MR) is 74.3 cm³/mol. The van der Waals surface area contributed by atoms with Crippen molar-refractivity contribution in [1.29, 1.82) is 0 Å². The lowest BCUT2D eigenvalue weighted by atomic mass is 10.0. The molecule has 2 aromatic carbocycles. The second kappa shape index (κ2) is 5.85. The van der Waals surface area contributed by atoms with Crippen molar-refractivity contribution in [3.63, 3.8) is 0 Å². The number of benzene rings is 2. The van der Waals surface area contributed by atoms with Crippen molar-refractivity contribution in [3.8, 4) is 11.1 Å². The Kier molecular flexibility index (Phi) is 4.18. The molecule has 0 saturated heterocycles. The summed E-state index contributed by atoms with van der Waals surface area (Å²) in [6.07, 6.45) is 0. The van der Waals surface area contributed by atoms with Gasteiger partial charge in [-0.15, -0.1) is 0 Å². The summed E-state index contributed by atoms with van der Waals surface area (Å²) in [5.41, 5.74) is 3.73. The molecule has 2 heteroatoms. The summed E-state index contributed by atoms with van der Waals surface area (Å²) < 4.78 is 0. The Morgan fingerprint density at radius 2 is 1.41 bits per heavy atom. The Bertz CT molecular complexity index is 459. The molecular formula is C15H16ClN. The van der Waals surface area contributed by atoms with Crippen LogP contribution in [0.5, 0.6) is 0 Å². The molecule has 0 aliphatic carbocycles. The first-order chi connectivity index (χ1) is 8.29. The second-order valence-electron chi connectivity index (χ2n) is 3.98. The molecular weight excluding hydrogens is 230 g/mol. The van der Waals surface area contributed by atoms with E-state index >= 15 is 0 Å². The third-order valence-corrected chi connectivity index (χ3v) is 2.96. The quantitative estimate of drug-likeness (QED) is 0.855. The summed E-state index contributed by atoms with van der Waals surface area (Å²) >= 11 is 5.87. The average Bonchev–Trinajstić information content (AvgIpc) is 2.38. The number of halogens is 1. The van der Waals surface area contributed by atoms with Gasteiger partial charge in [-0.3, -0.25) is 0 Å². The fourth-order valence-corrected chi connectivity index (χ4v) is 1.85. The standard InChI is InChI=1S/C15H16ClN/c1-2-17-11-12-3-5-13(6-4-12)14-7-9-15(16)10-8-14/h3-10,17H,2,11H2,1H3. The Hall–Kier alpha value is -1.31. The lowest BCUT2D eigenvalue weighted by molar-refractivity contribution is 0.727. The summed E-state index contributed by atoms with van der Waals surface area (Å²) in [5.74, 6) is 0. The number of nitrogens with one attached hydrogen (secondary N) is 1. The molecule has 1 nitrogen and oxygen atoms in total. The van der Waals surface area contributed by atoms with Crippen LogP contribution in [0.15, 0.2) is 48.5 Å². The van der Waals surface area contributed by atoms with E-state index < -0.39 is 0 Å². The molecule has 0 unspecified atom stereocenters. The van der Waals surface area contributed by atoms with Gasteiger partial charge in [0.15, 0.2) is 0 Å². The van der Waals surface area contributed by atoms with Crippen molar-refractivity contribution >= 4 is 11.6 Å². The van der Waals surface area contributed by atoms with E-state index in [4.69, 9.17) is 11.6 Å². The van der Waals surface area contributed by atoms with Gasteiger partial charge in [-0.1, -0.05) is 54.9 Å². The van der Waals surface area contributed by atoms with Crippen molar-refractivity contribution in [1.82, 2.24) is 5.32 Å². The first-order valence-corrected chi connectivity index (χ1v) is 6.23. The van der Waals surface area contributed by atoms with E-state index in [1.54, 1.807) is 0 Å². The lowest BCUT2D eigenvalue weighted by Crippen LogP contribution is -2.11. The molecule has 0 spiro atoms. The van der Waals surface area contributed by atoms with Gasteiger partial charge in [-0.25, -0.2) is 0 Å². The zero-order valence-electron chi connectivity index (χ0n) is 9.91. The lowest BCUT2D eigenvalue weighted by Gasteiger charge is -2.05. The van der Waals surface area contributed by atoms with Gasteiger partial charge in [0.05, 0.1) is 0 Å². The highest BCUT2D eigenvalue weighted by Gasteiger charge is 1.98. The third kappa shape index (κ3) is 3.32. The molecule has 0 fully saturated rings. The summed E-state index contributed by atoms with van der Waals surface area (Å²) in [5, 5.41) is 4.09. The van der Waals surface area contributed by atoms with Crippen molar-refractivity contribution in [2.45, 2.75) is 13.5 Å². The van der Waals surface area contributed by atoms with E-state index in [-0.39, 0.29) is 0 Å². The molecule has 1 N–H and O–H groups in total. The van der Waals surface area contributed by atoms with Gasteiger partial charge >= 0.3 is 0 Å². The van der Waals surface area contributed by atoms with Crippen molar-refractivity contribution in [2.24, 2.45) is 0 Å². The zero-order chi connectivity index (χ0) is 12.1. The van der Waals surface area contributed by atoms with E-state index in [0.29, 0.717) is 0 Å². The fourth-order valence-electron chi connectivity index (χ4n) is 1.73. The van der Waals surface area contributed by atoms with Gasteiger partial charge in [0.1, 0.15) is 0 Å². The fraction of sp³-hybridized carbons (Fsp3) is 0.200. The molecule has 0 saturated carbocycles. The minimum absolute atomic E-state index is 0.775. The minimum atomic E-state index is 0.775. The van der Waals surface area contributed by atoms with Crippen LogP contribution in [0.2, 0.25) is 5.02 Å². The van der Waals surface area contributed by atoms with Crippen LogP contribution in [0.4, 0.5) is 0 Å². The number of hydrogen-bond acceptors (Lipinski definition) is 1. The normalized spacial score (nSPS) is 10.5. The summed E-state index contributed by atoms with van der Waals surface area (Å²) in [4.78, 5) is 0. The minimum Gasteiger partial charge on any atom is -0.313 e. The monoisotopic (exact) mass is 245 g/mol. The predicted octanol–water partition coefficient (Wildman–Crippen LogP) is 4.12. The van der Waals surface area contributed by atoms with Crippen molar-refractivity contribution in [2.75, 3.05) is 6.54 Å². The first-order valence-electron chi connectivity index (χ1n) is 5.85. The zero-order valence-corrected chi connectivity index (χ0v) is 10.7. The molecule has 0 aliphatic rings. The van der Waals surface area contributed by atoms with Crippen LogP contribution < -0.4 is 5.32 Å². The Labute approximate surface area is 107 Å². The maximum atomic E-state index is 5.87.